The summed E-state index contributed by atoms with van der Waals surface area (Å²) in [5.74, 6) is 0.260. The van der Waals surface area contributed by atoms with E-state index >= 15 is 0 Å². The largest absolute Gasteiger partial charge is 0.299 e. The lowest BCUT2D eigenvalue weighted by molar-refractivity contribution is -0.111. The number of aromatic nitrogens is 4. The lowest BCUT2D eigenvalue weighted by Crippen LogP contribution is -2.07. The molecule has 116 valence electrons. The van der Waals surface area contributed by atoms with Crippen LogP contribution in [0, 0.1) is 0 Å². The second-order valence-electron chi connectivity index (χ2n) is 5.26. The molecule has 1 aliphatic carbocycles. The quantitative estimate of drug-likeness (QED) is 0.736. The Kier molecular flexibility index (Phi) is 3.59. The first-order chi connectivity index (χ1) is 11.2. The minimum Gasteiger partial charge on any atom is -0.299 e. The summed E-state index contributed by atoms with van der Waals surface area (Å²) in [5.41, 5.74) is 1.39. The maximum atomic E-state index is 12.0. The van der Waals surface area contributed by atoms with E-state index in [2.05, 4.69) is 20.5 Å². The van der Waals surface area contributed by atoms with Crippen LogP contribution in [0.5, 0.6) is 0 Å². The van der Waals surface area contributed by atoms with E-state index in [0.717, 1.165) is 23.5 Å². The number of carbonyl (C=O) groups is 1. The van der Waals surface area contributed by atoms with Crippen LogP contribution < -0.4 is 5.32 Å². The number of fused-ring (bicyclic) bond motifs is 1. The molecule has 0 unspecified atom stereocenters. The molecule has 0 aromatic carbocycles. The van der Waals surface area contributed by atoms with Crippen LogP contribution in [-0.4, -0.2) is 25.5 Å². The summed E-state index contributed by atoms with van der Waals surface area (Å²) in [7, 11) is 0. The van der Waals surface area contributed by atoms with Crippen molar-refractivity contribution in [3.05, 3.63) is 46.3 Å². The maximum absolute atomic E-state index is 12.0. The molecule has 0 aliphatic heterocycles. The van der Waals surface area contributed by atoms with Crippen LogP contribution in [0.3, 0.4) is 0 Å². The van der Waals surface area contributed by atoms with Crippen LogP contribution in [0.4, 0.5) is 5.13 Å². The Hall–Kier alpha value is -2.25. The minimum atomic E-state index is -0.273. The zero-order valence-corrected chi connectivity index (χ0v) is 13.5. The normalized spacial score (nSPS) is 14.7. The Bertz CT molecular complexity index is 912. The molecule has 1 aliphatic rings. The lowest BCUT2D eigenvalue weighted by Gasteiger charge is -1.97. The summed E-state index contributed by atoms with van der Waals surface area (Å²) < 4.78 is 1.82. The third kappa shape index (κ3) is 2.97. The molecular weight excluding hydrogens is 334 g/mol. The van der Waals surface area contributed by atoms with Crippen LogP contribution in [0.25, 0.3) is 11.7 Å². The van der Waals surface area contributed by atoms with Gasteiger partial charge in [-0.05, 0) is 31.1 Å². The van der Waals surface area contributed by atoms with Crippen molar-refractivity contribution in [2.75, 3.05) is 5.32 Å². The van der Waals surface area contributed by atoms with Crippen LogP contribution >= 0.6 is 22.9 Å². The van der Waals surface area contributed by atoms with E-state index in [-0.39, 0.29) is 5.91 Å². The first-order valence-electron chi connectivity index (χ1n) is 7.16. The van der Waals surface area contributed by atoms with Gasteiger partial charge in [0.2, 0.25) is 11.0 Å². The molecule has 0 saturated heterocycles. The number of imidazole rings is 1. The van der Waals surface area contributed by atoms with E-state index in [1.807, 2.05) is 28.8 Å². The Morgan fingerprint density at radius 3 is 3.09 bits per heavy atom. The highest BCUT2D eigenvalue weighted by Gasteiger charge is 2.27. The number of halogens is 1. The molecule has 1 amide bonds. The number of rotatable bonds is 4. The van der Waals surface area contributed by atoms with E-state index in [9.17, 15) is 4.79 Å². The van der Waals surface area contributed by atoms with E-state index in [0.29, 0.717) is 21.9 Å². The third-order valence-electron chi connectivity index (χ3n) is 3.51. The monoisotopic (exact) mass is 345 g/mol. The molecule has 0 radical (unpaired) electrons. The molecule has 8 heteroatoms. The maximum Gasteiger partial charge on any atom is 0.250 e. The molecule has 0 atom stereocenters. The topological polar surface area (TPSA) is 72.2 Å². The van der Waals surface area contributed by atoms with Gasteiger partial charge in [-0.25, -0.2) is 4.98 Å². The van der Waals surface area contributed by atoms with E-state index in [4.69, 9.17) is 11.6 Å². The second kappa shape index (κ2) is 5.75. The van der Waals surface area contributed by atoms with Crippen molar-refractivity contribution in [2.45, 2.75) is 18.8 Å². The molecule has 1 saturated carbocycles. The predicted octanol–water partition coefficient (Wildman–Crippen LogP) is 3.37. The Labute approximate surface area is 140 Å². The van der Waals surface area contributed by atoms with Crippen molar-refractivity contribution in [3.63, 3.8) is 0 Å². The number of hydrogen-bond donors (Lipinski definition) is 1. The highest BCUT2D eigenvalue weighted by Crippen LogP contribution is 2.42. The summed E-state index contributed by atoms with van der Waals surface area (Å²) in [6.07, 6.45) is 7.23. The average molecular weight is 346 g/mol. The first-order valence-corrected chi connectivity index (χ1v) is 8.35. The van der Waals surface area contributed by atoms with Crippen molar-refractivity contribution in [1.29, 1.82) is 0 Å². The third-order valence-corrected chi connectivity index (χ3v) is 4.79. The smallest absolute Gasteiger partial charge is 0.250 e. The molecule has 6 nitrogen and oxygen atoms in total. The van der Waals surface area contributed by atoms with Gasteiger partial charge in [-0.1, -0.05) is 29.0 Å². The van der Waals surface area contributed by atoms with Gasteiger partial charge in [0.15, 0.2) is 5.15 Å². The molecule has 3 aromatic rings. The SMILES string of the molecule is O=C(C=Cc1c(Cl)nc2ccccn12)Nc1nnc(C2CC2)s1. The highest BCUT2D eigenvalue weighted by molar-refractivity contribution is 7.15. The molecule has 0 spiro atoms. The number of pyridine rings is 1. The number of hydrogen-bond acceptors (Lipinski definition) is 5. The van der Waals surface area contributed by atoms with Crippen molar-refractivity contribution < 1.29 is 4.79 Å². The summed E-state index contributed by atoms with van der Waals surface area (Å²) in [4.78, 5) is 16.2. The Morgan fingerprint density at radius 2 is 2.26 bits per heavy atom. The first kappa shape index (κ1) is 14.3. The molecule has 3 aromatic heterocycles. The number of carbonyl (C=O) groups excluding carboxylic acids is 1. The van der Waals surface area contributed by atoms with Crippen molar-refractivity contribution in [2.24, 2.45) is 0 Å². The second-order valence-corrected chi connectivity index (χ2v) is 6.63. The van der Waals surface area contributed by atoms with Gasteiger partial charge >= 0.3 is 0 Å². The van der Waals surface area contributed by atoms with Crippen molar-refractivity contribution >= 4 is 45.7 Å². The van der Waals surface area contributed by atoms with Crippen LogP contribution in [-0.2, 0) is 4.79 Å². The summed E-state index contributed by atoms with van der Waals surface area (Å²) in [5, 5.41) is 12.7. The van der Waals surface area contributed by atoms with E-state index < -0.39 is 0 Å². The number of amides is 1. The van der Waals surface area contributed by atoms with Crippen molar-refractivity contribution in [1.82, 2.24) is 19.6 Å². The van der Waals surface area contributed by atoms with Gasteiger partial charge in [0.05, 0.1) is 5.69 Å². The molecular formula is C15H12ClN5OS. The lowest BCUT2D eigenvalue weighted by atomic mass is 10.4. The average Bonchev–Trinajstić information content (AvgIpc) is 3.20. The standard InChI is InChI=1S/C15H12ClN5OS/c16-13-10(21-8-2-1-3-11(21)17-13)6-7-12(22)18-15-20-19-14(23-15)9-4-5-9/h1-3,6-9H,4-5H2,(H,18,20,22). The summed E-state index contributed by atoms with van der Waals surface area (Å²) in [6, 6.07) is 5.61. The van der Waals surface area contributed by atoms with Crippen LogP contribution in [0.1, 0.15) is 29.5 Å². The predicted molar refractivity (Wildman–Crippen MR) is 89.7 cm³/mol. The Balaban J connectivity index is 1.50. The van der Waals surface area contributed by atoms with Gasteiger partial charge in [-0.3, -0.25) is 14.5 Å². The van der Waals surface area contributed by atoms with E-state index in [1.165, 1.54) is 17.4 Å². The van der Waals surface area contributed by atoms with Crippen molar-refractivity contribution in [3.8, 4) is 0 Å². The fraction of sp³-hybridized carbons (Fsp3) is 0.200. The molecule has 1 N–H and O–H groups in total. The minimum absolute atomic E-state index is 0.273. The number of anilines is 1. The van der Waals surface area contributed by atoms with Crippen LogP contribution in [0.2, 0.25) is 5.15 Å². The molecule has 23 heavy (non-hydrogen) atoms. The van der Waals surface area contributed by atoms with Gasteiger partial charge in [0.1, 0.15) is 10.7 Å². The molecule has 3 heterocycles. The van der Waals surface area contributed by atoms with Gasteiger partial charge in [0.25, 0.3) is 0 Å². The molecule has 0 bridgehead atoms. The summed E-state index contributed by atoms with van der Waals surface area (Å²) >= 11 is 7.55. The fourth-order valence-corrected chi connectivity index (χ4v) is 3.37. The number of nitrogens with zero attached hydrogens (tertiary/aromatic N) is 4. The van der Waals surface area contributed by atoms with Gasteiger partial charge < -0.3 is 0 Å². The Morgan fingerprint density at radius 1 is 1.39 bits per heavy atom. The zero-order chi connectivity index (χ0) is 15.8. The summed E-state index contributed by atoms with van der Waals surface area (Å²) in [6.45, 7) is 0. The van der Waals surface area contributed by atoms with Crippen LogP contribution in [0.15, 0.2) is 30.5 Å². The van der Waals surface area contributed by atoms with E-state index in [1.54, 1.807) is 6.08 Å². The molecule has 4 rings (SSSR count). The van der Waals surface area contributed by atoms with Gasteiger partial charge in [-0.15, -0.1) is 10.2 Å². The van der Waals surface area contributed by atoms with Gasteiger partial charge in [-0.2, -0.15) is 0 Å². The highest BCUT2D eigenvalue weighted by atomic mass is 35.5. The fourth-order valence-electron chi connectivity index (χ4n) is 2.22. The molecule has 1 fully saturated rings. The number of nitrogens with one attached hydrogen (secondary N) is 1. The van der Waals surface area contributed by atoms with Gasteiger partial charge in [0, 0.05) is 18.2 Å². The zero-order valence-electron chi connectivity index (χ0n) is 11.9.